The molecule has 0 aliphatic heterocycles. The summed E-state index contributed by atoms with van der Waals surface area (Å²) in [5.41, 5.74) is 3.62. The quantitative estimate of drug-likeness (QED) is 0.433. The molecule has 2 atom stereocenters. The first kappa shape index (κ1) is 29.4. The smallest absolute Gasteiger partial charge is 0.242 e. The van der Waals surface area contributed by atoms with E-state index in [1.165, 1.54) is 10.6 Å². The highest BCUT2D eigenvalue weighted by Crippen LogP contribution is 2.25. The van der Waals surface area contributed by atoms with Crippen molar-refractivity contribution in [3.05, 3.63) is 65.2 Å². The molecule has 1 N–H and O–H groups in total. The third-order valence-corrected chi connectivity index (χ3v) is 7.83. The van der Waals surface area contributed by atoms with E-state index in [9.17, 15) is 18.0 Å². The van der Waals surface area contributed by atoms with Crippen molar-refractivity contribution in [3.8, 4) is 0 Å². The summed E-state index contributed by atoms with van der Waals surface area (Å²) in [5, 5.41) is 2.97. The second kappa shape index (κ2) is 13.4. The van der Waals surface area contributed by atoms with Crippen molar-refractivity contribution in [2.24, 2.45) is 0 Å². The average Bonchev–Trinajstić information content (AvgIpc) is 2.83. The molecule has 2 aromatic carbocycles. The van der Waals surface area contributed by atoms with Crippen LogP contribution in [0.2, 0.25) is 0 Å². The first-order valence-electron chi connectivity index (χ1n) is 12.6. The zero-order chi connectivity index (χ0) is 26.9. The lowest BCUT2D eigenvalue weighted by Crippen LogP contribution is -2.50. The lowest BCUT2D eigenvalue weighted by Gasteiger charge is -2.30. The van der Waals surface area contributed by atoms with E-state index < -0.39 is 16.1 Å². The minimum absolute atomic E-state index is 0.0203. The molecular weight excluding hydrogens is 474 g/mol. The summed E-state index contributed by atoms with van der Waals surface area (Å²) in [6, 6.07) is 14.8. The van der Waals surface area contributed by atoms with E-state index in [1.807, 2.05) is 70.2 Å². The van der Waals surface area contributed by atoms with Gasteiger partial charge in [-0.15, -0.1) is 0 Å². The SMILES string of the molecule is CCC(C)NC(=O)C(C)N(CCc1ccccc1)C(=O)CCCN(c1cccc(C)c1C)S(C)(=O)=O. The van der Waals surface area contributed by atoms with Gasteiger partial charge in [0.25, 0.3) is 0 Å². The lowest BCUT2D eigenvalue weighted by molar-refractivity contribution is -0.140. The van der Waals surface area contributed by atoms with Crippen molar-refractivity contribution in [2.45, 2.75) is 72.4 Å². The Bertz CT molecular complexity index is 1120. The van der Waals surface area contributed by atoms with E-state index in [0.717, 1.165) is 23.1 Å². The number of sulfonamides is 1. The van der Waals surface area contributed by atoms with E-state index in [1.54, 1.807) is 17.9 Å². The highest BCUT2D eigenvalue weighted by Gasteiger charge is 2.27. The molecule has 7 nitrogen and oxygen atoms in total. The summed E-state index contributed by atoms with van der Waals surface area (Å²) >= 11 is 0. The van der Waals surface area contributed by atoms with Crippen LogP contribution in [0.15, 0.2) is 48.5 Å². The Kier molecular flexibility index (Phi) is 11.0. The van der Waals surface area contributed by atoms with E-state index >= 15 is 0 Å². The molecular formula is C28H41N3O4S. The number of nitrogens with one attached hydrogen (secondary N) is 1. The summed E-state index contributed by atoms with van der Waals surface area (Å²) < 4.78 is 26.5. The van der Waals surface area contributed by atoms with Crippen molar-refractivity contribution >= 4 is 27.5 Å². The normalized spacial score (nSPS) is 13.1. The van der Waals surface area contributed by atoms with Crippen molar-refractivity contribution in [1.29, 1.82) is 0 Å². The van der Waals surface area contributed by atoms with Gasteiger partial charge in [-0.05, 0) is 69.7 Å². The van der Waals surface area contributed by atoms with Gasteiger partial charge in [-0.25, -0.2) is 8.42 Å². The molecule has 0 radical (unpaired) electrons. The molecule has 0 fully saturated rings. The standard InChI is InChI=1S/C28H41N3O4S/c1-7-22(3)29-28(33)24(5)30(20-18-25-14-9-8-10-15-25)27(32)17-12-19-31(36(6,34)35)26-16-11-13-21(2)23(26)4/h8-11,13-16,22,24H,7,12,17-20H2,1-6H3,(H,29,33). The summed E-state index contributed by atoms with van der Waals surface area (Å²) in [6.07, 6.45) is 3.11. The van der Waals surface area contributed by atoms with Crippen LogP contribution in [0.3, 0.4) is 0 Å². The number of hydrogen-bond acceptors (Lipinski definition) is 4. The molecule has 0 spiro atoms. The van der Waals surface area contributed by atoms with Crippen molar-refractivity contribution in [1.82, 2.24) is 10.2 Å². The second-order valence-corrected chi connectivity index (χ2v) is 11.4. The zero-order valence-corrected chi connectivity index (χ0v) is 23.3. The maximum Gasteiger partial charge on any atom is 0.242 e. The second-order valence-electron chi connectivity index (χ2n) is 9.47. The van der Waals surface area contributed by atoms with E-state index in [4.69, 9.17) is 0 Å². The highest BCUT2D eigenvalue weighted by molar-refractivity contribution is 7.92. The van der Waals surface area contributed by atoms with Gasteiger partial charge in [0.05, 0.1) is 11.9 Å². The predicted octanol–water partition coefficient (Wildman–Crippen LogP) is 4.22. The number of carbonyl (C=O) groups is 2. The van der Waals surface area contributed by atoms with Crippen molar-refractivity contribution < 1.29 is 18.0 Å². The van der Waals surface area contributed by atoms with Crippen LogP contribution in [-0.4, -0.2) is 56.6 Å². The molecule has 2 amide bonds. The Balaban J connectivity index is 2.15. The van der Waals surface area contributed by atoms with Crippen LogP contribution in [0.4, 0.5) is 5.69 Å². The number of amides is 2. The lowest BCUT2D eigenvalue weighted by atomic mass is 10.1. The number of nitrogens with zero attached hydrogens (tertiary/aromatic N) is 2. The van der Waals surface area contributed by atoms with Gasteiger partial charge < -0.3 is 10.2 Å². The number of benzene rings is 2. The van der Waals surface area contributed by atoms with Gasteiger partial charge in [-0.1, -0.05) is 49.4 Å². The minimum atomic E-state index is -3.52. The molecule has 0 saturated carbocycles. The maximum absolute atomic E-state index is 13.3. The Hall–Kier alpha value is -2.87. The van der Waals surface area contributed by atoms with E-state index in [-0.39, 0.29) is 30.8 Å². The highest BCUT2D eigenvalue weighted by atomic mass is 32.2. The molecule has 2 aromatic rings. The first-order valence-corrected chi connectivity index (χ1v) is 14.5. The van der Waals surface area contributed by atoms with Crippen LogP contribution >= 0.6 is 0 Å². The molecule has 0 aromatic heterocycles. The van der Waals surface area contributed by atoms with Gasteiger partial charge in [0.2, 0.25) is 21.8 Å². The number of rotatable bonds is 13. The van der Waals surface area contributed by atoms with Crippen LogP contribution in [0.5, 0.6) is 0 Å². The molecule has 0 bridgehead atoms. The fraction of sp³-hybridized carbons (Fsp3) is 0.500. The minimum Gasteiger partial charge on any atom is -0.352 e. The number of aryl methyl sites for hydroxylation is 1. The molecule has 0 aliphatic rings. The molecule has 198 valence electrons. The monoisotopic (exact) mass is 515 g/mol. The van der Waals surface area contributed by atoms with Crippen LogP contribution in [0.25, 0.3) is 0 Å². The van der Waals surface area contributed by atoms with Gasteiger partial charge in [-0.2, -0.15) is 0 Å². The Morgan fingerprint density at radius 2 is 1.64 bits per heavy atom. The molecule has 36 heavy (non-hydrogen) atoms. The molecule has 8 heteroatoms. The summed E-state index contributed by atoms with van der Waals surface area (Å²) in [7, 11) is -3.52. The van der Waals surface area contributed by atoms with Gasteiger partial charge >= 0.3 is 0 Å². The predicted molar refractivity (Wildman–Crippen MR) is 147 cm³/mol. The first-order chi connectivity index (χ1) is 17.0. The van der Waals surface area contributed by atoms with Gasteiger partial charge in [0.15, 0.2) is 0 Å². The zero-order valence-electron chi connectivity index (χ0n) is 22.5. The third-order valence-electron chi connectivity index (χ3n) is 6.65. The van der Waals surface area contributed by atoms with Gasteiger partial charge in [0, 0.05) is 25.6 Å². The van der Waals surface area contributed by atoms with Crippen LogP contribution in [-0.2, 0) is 26.0 Å². The Labute approximate surface area is 216 Å². The molecule has 0 aliphatic carbocycles. The molecule has 0 heterocycles. The average molecular weight is 516 g/mol. The van der Waals surface area contributed by atoms with Crippen molar-refractivity contribution in [3.63, 3.8) is 0 Å². The topological polar surface area (TPSA) is 86.8 Å². The fourth-order valence-electron chi connectivity index (χ4n) is 4.02. The number of carbonyl (C=O) groups excluding carboxylic acids is 2. The number of hydrogen-bond donors (Lipinski definition) is 1. The molecule has 0 saturated heterocycles. The maximum atomic E-state index is 13.3. The summed E-state index contributed by atoms with van der Waals surface area (Å²) in [5.74, 6) is -0.342. The molecule has 2 rings (SSSR count). The van der Waals surface area contributed by atoms with Crippen LogP contribution in [0.1, 0.15) is 56.7 Å². The Morgan fingerprint density at radius 1 is 0.972 bits per heavy atom. The van der Waals surface area contributed by atoms with E-state index in [0.29, 0.717) is 25.1 Å². The largest absolute Gasteiger partial charge is 0.352 e. The van der Waals surface area contributed by atoms with Crippen LogP contribution in [0, 0.1) is 13.8 Å². The Morgan fingerprint density at radius 3 is 2.25 bits per heavy atom. The van der Waals surface area contributed by atoms with Gasteiger partial charge in [-0.3, -0.25) is 13.9 Å². The third kappa shape index (κ3) is 8.36. The number of anilines is 1. The van der Waals surface area contributed by atoms with E-state index in [2.05, 4.69) is 5.32 Å². The van der Waals surface area contributed by atoms with Crippen LogP contribution < -0.4 is 9.62 Å². The van der Waals surface area contributed by atoms with Crippen molar-refractivity contribution in [2.75, 3.05) is 23.7 Å². The molecule has 2 unspecified atom stereocenters. The summed E-state index contributed by atoms with van der Waals surface area (Å²) in [6.45, 7) is 10.1. The fourth-order valence-corrected chi connectivity index (χ4v) is 5.04. The van der Waals surface area contributed by atoms with Gasteiger partial charge in [0.1, 0.15) is 6.04 Å². The summed E-state index contributed by atoms with van der Waals surface area (Å²) in [4.78, 5) is 27.8.